The van der Waals surface area contributed by atoms with Crippen molar-refractivity contribution in [3.05, 3.63) is 22.3 Å². The summed E-state index contributed by atoms with van der Waals surface area (Å²) >= 11 is 0. The van der Waals surface area contributed by atoms with Crippen LogP contribution in [0.25, 0.3) is 0 Å². The van der Waals surface area contributed by atoms with E-state index in [1.807, 2.05) is 0 Å². The number of anilines is 2. The summed E-state index contributed by atoms with van der Waals surface area (Å²) in [6.07, 6.45) is -7.80. The van der Waals surface area contributed by atoms with Crippen LogP contribution >= 0.6 is 0 Å². The molecule has 0 aliphatic rings. The van der Waals surface area contributed by atoms with Gasteiger partial charge in [-0.2, -0.15) is 74.6 Å². The predicted octanol–water partition coefficient (Wildman–Crippen LogP) is 7.24. The molecule has 36 heavy (non-hydrogen) atoms. The summed E-state index contributed by atoms with van der Waals surface area (Å²) in [5.41, 5.74) is 3.67. The molecule has 0 radical (unpaired) electrons. The molecule has 0 heterocycles. The normalized spacial score (nSPS) is 15.4. The third-order valence-corrected chi connectivity index (χ3v) is 5.40. The molecule has 2 nitrogen and oxygen atoms in total. The number of hydrogen-bond acceptors (Lipinski definition) is 2. The SMILES string of the molecule is Cc1c(N)c(C)c(C(F)(F)C(F)(F)C(F)(F)C(F)(F)C(F)(F)C(F)(F)C(F)(F)C(F)(F)F)c(C)c1N. The Morgan fingerprint density at radius 2 is 0.639 bits per heavy atom. The van der Waals surface area contributed by atoms with Crippen LogP contribution in [0, 0.1) is 20.8 Å². The molecule has 0 saturated heterocycles. The first kappa shape index (κ1) is 31.7. The van der Waals surface area contributed by atoms with E-state index in [1.165, 1.54) is 0 Å². The molecule has 0 aliphatic heterocycles. The molecule has 0 unspecified atom stereocenters. The van der Waals surface area contributed by atoms with Gasteiger partial charge in [0.2, 0.25) is 0 Å². The molecule has 19 heteroatoms. The van der Waals surface area contributed by atoms with Crippen LogP contribution in [0.2, 0.25) is 0 Å². The standard InChI is InChI=1S/C17H13F17N2/c1-4-7(5(2)9(36)6(3)8(4)35)10(18,19)11(20,21)12(22,23)13(24,25)14(26,27)15(28,29)16(30,31)17(32,33)34/h35-36H2,1-3H3. The van der Waals surface area contributed by atoms with E-state index in [9.17, 15) is 74.6 Å². The van der Waals surface area contributed by atoms with Gasteiger partial charge < -0.3 is 11.5 Å². The number of alkyl halides is 17. The molecule has 0 atom stereocenters. The highest BCUT2D eigenvalue weighted by molar-refractivity contribution is 5.72. The van der Waals surface area contributed by atoms with Crippen LogP contribution in [0.5, 0.6) is 0 Å². The van der Waals surface area contributed by atoms with Gasteiger partial charge >= 0.3 is 47.6 Å². The summed E-state index contributed by atoms with van der Waals surface area (Å²) in [5.74, 6) is -57.0. The maximum absolute atomic E-state index is 14.6. The van der Waals surface area contributed by atoms with Gasteiger partial charge in [0.05, 0.1) is 0 Å². The lowest BCUT2D eigenvalue weighted by molar-refractivity contribution is -0.462. The minimum absolute atomic E-state index is 0.314. The molecule has 1 aromatic rings. The van der Waals surface area contributed by atoms with Gasteiger partial charge in [-0.25, -0.2) is 0 Å². The van der Waals surface area contributed by atoms with Crippen LogP contribution in [-0.2, 0) is 5.92 Å². The van der Waals surface area contributed by atoms with Crippen LogP contribution in [0.3, 0.4) is 0 Å². The Kier molecular flexibility index (Phi) is 7.09. The minimum atomic E-state index is -8.68. The van der Waals surface area contributed by atoms with E-state index in [0.717, 1.165) is 6.92 Å². The van der Waals surface area contributed by atoms with Gasteiger partial charge in [0.25, 0.3) is 0 Å². The molecular formula is C17H13F17N2. The zero-order valence-electron chi connectivity index (χ0n) is 17.6. The van der Waals surface area contributed by atoms with Gasteiger partial charge in [0, 0.05) is 16.9 Å². The first-order valence-electron chi connectivity index (χ1n) is 8.79. The number of rotatable bonds is 7. The largest absolute Gasteiger partial charge is 0.460 e. The molecule has 0 bridgehead atoms. The quantitative estimate of drug-likeness (QED) is 0.269. The van der Waals surface area contributed by atoms with Crippen molar-refractivity contribution in [1.29, 1.82) is 0 Å². The van der Waals surface area contributed by atoms with Crippen molar-refractivity contribution < 1.29 is 74.6 Å². The molecule has 0 amide bonds. The predicted molar refractivity (Wildman–Crippen MR) is 89.1 cm³/mol. The Bertz CT molecular complexity index is 994. The first-order valence-corrected chi connectivity index (χ1v) is 8.79. The lowest BCUT2D eigenvalue weighted by Crippen LogP contribution is -2.74. The van der Waals surface area contributed by atoms with E-state index in [-0.39, 0.29) is 5.56 Å². The molecule has 210 valence electrons. The van der Waals surface area contributed by atoms with E-state index < -0.39 is 75.7 Å². The van der Waals surface area contributed by atoms with Crippen LogP contribution in [-0.4, -0.2) is 41.7 Å². The molecule has 0 aromatic heterocycles. The zero-order chi connectivity index (χ0) is 29.5. The van der Waals surface area contributed by atoms with Crippen LogP contribution in [0.4, 0.5) is 86.0 Å². The monoisotopic (exact) mass is 568 g/mol. The molecule has 1 aromatic carbocycles. The Morgan fingerprint density at radius 1 is 0.389 bits per heavy atom. The van der Waals surface area contributed by atoms with Crippen molar-refractivity contribution in [2.75, 3.05) is 11.5 Å². The van der Waals surface area contributed by atoms with Crippen molar-refractivity contribution in [2.45, 2.75) is 68.4 Å². The Morgan fingerprint density at radius 3 is 0.917 bits per heavy atom. The zero-order valence-corrected chi connectivity index (χ0v) is 17.6. The summed E-state index contributed by atoms with van der Waals surface area (Å²) in [6, 6.07) is 0. The van der Waals surface area contributed by atoms with Crippen molar-refractivity contribution in [1.82, 2.24) is 0 Å². The molecule has 0 aliphatic carbocycles. The molecular weight excluding hydrogens is 555 g/mol. The maximum Gasteiger partial charge on any atom is 0.460 e. The topological polar surface area (TPSA) is 52.0 Å². The first-order chi connectivity index (χ1) is 15.4. The number of benzene rings is 1. The summed E-state index contributed by atoms with van der Waals surface area (Å²) in [4.78, 5) is 0. The molecule has 0 spiro atoms. The smallest absolute Gasteiger partial charge is 0.398 e. The van der Waals surface area contributed by atoms with Gasteiger partial charge in [0.1, 0.15) is 0 Å². The van der Waals surface area contributed by atoms with Gasteiger partial charge in [0.15, 0.2) is 0 Å². The Balaban J connectivity index is 3.94. The summed E-state index contributed by atoms with van der Waals surface area (Å²) in [7, 11) is 0. The van der Waals surface area contributed by atoms with E-state index in [4.69, 9.17) is 11.5 Å². The minimum Gasteiger partial charge on any atom is -0.398 e. The molecule has 0 saturated carbocycles. The summed E-state index contributed by atoms with van der Waals surface area (Å²) in [5, 5.41) is 0. The second-order valence-electron chi connectivity index (χ2n) is 7.60. The van der Waals surface area contributed by atoms with Gasteiger partial charge in [-0.15, -0.1) is 0 Å². The lowest BCUT2D eigenvalue weighted by Gasteiger charge is -2.43. The highest BCUT2D eigenvalue weighted by Gasteiger charge is 2.95. The number of hydrogen-bond donors (Lipinski definition) is 2. The van der Waals surface area contributed by atoms with Crippen LogP contribution in [0.15, 0.2) is 0 Å². The van der Waals surface area contributed by atoms with E-state index >= 15 is 0 Å². The average Bonchev–Trinajstić information content (AvgIpc) is 2.68. The molecule has 4 N–H and O–H groups in total. The maximum atomic E-state index is 14.6. The van der Waals surface area contributed by atoms with Gasteiger partial charge in [-0.1, -0.05) is 0 Å². The van der Waals surface area contributed by atoms with E-state index in [2.05, 4.69) is 0 Å². The average molecular weight is 568 g/mol. The van der Waals surface area contributed by atoms with Gasteiger partial charge in [-0.05, 0) is 37.5 Å². The molecule has 0 fully saturated rings. The highest BCUT2D eigenvalue weighted by Crippen LogP contribution is 2.65. The highest BCUT2D eigenvalue weighted by atomic mass is 19.4. The van der Waals surface area contributed by atoms with Crippen LogP contribution in [0.1, 0.15) is 22.3 Å². The fourth-order valence-corrected chi connectivity index (χ4v) is 3.05. The van der Waals surface area contributed by atoms with Crippen molar-refractivity contribution in [3.8, 4) is 0 Å². The summed E-state index contributed by atoms with van der Waals surface area (Å²) in [6.45, 7) is 1.88. The van der Waals surface area contributed by atoms with Crippen LogP contribution < -0.4 is 11.5 Å². The van der Waals surface area contributed by atoms with Crippen molar-refractivity contribution >= 4 is 11.4 Å². The van der Waals surface area contributed by atoms with Gasteiger partial charge in [-0.3, -0.25) is 0 Å². The Hall–Kier alpha value is -2.37. The number of halogens is 17. The number of nitrogens with two attached hydrogens (primary N) is 2. The second kappa shape index (κ2) is 8.06. The second-order valence-corrected chi connectivity index (χ2v) is 7.60. The van der Waals surface area contributed by atoms with E-state index in [1.54, 1.807) is 0 Å². The fraction of sp³-hybridized carbons (Fsp3) is 0.647. The number of nitrogen functional groups attached to an aromatic ring is 2. The fourth-order valence-electron chi connectivity index (χ4n) is 3.05. The lowest BCUT2D eigenvalue weighted by atomic mass is 9.83. The summed E-state index contributed by atoms with van der Waals surface area (Å²) < 4.78 is 229. The van der Waals surface area contributed by atoms with Crippen molar-refractivity contribution in [2.24, 2.45) is 0 Å². The third kappa shape index (κ3) is 3.61. The van der Waals surface area contributed by atoms with E-state index in [0.29, 0.717) is 13.8 Å². The third-order valence-electron chi connectivity index (χ3n) is 5.40. The van der Waals surface area contributed by atoms with Crippen molar-refractivity contribution in [3.63, 3.8) is 0 Å². The molecule has 1 rings (SSSR count). The Labute approximate surface area is 189 Å².